The minimum atomic E-state index is -0.324. The van der Waals surface area contributed by atoms with Gasteiger partial charge < -0.3 is 19.7 Å². The first-order chi connectivity index (χ1) is 16.9. The Bertz CT molecular complexity index is 1110. The van der Waals surface area contributed by atoms with Crippen LogP contribution in [0.3, 0.4) is 0 Å². The minimum Gasteiger partial charge on any atom is -0.484 e. The third-order valence-corrected chi connectivity index (χ3v) is 6.73. The Hall–Kier alpha value is -3.26. The maximum Gasteiger partial charge on any atom is 0.338 e. The van der Waals surface area contributed by atoms with Crippen molar-refractivity contribution >= 4 is 34.5 Å². The lowest BCUT2D eigenvalue weighted by molar-refractivity contribution is -0.140. The first kappa shape index (κ1) is 24.9. The number of hydrogen-bond donors (Lipinski definition) is 1. The molecule has 7 nitrogen and oxygen atoms in total. The van der Waals surface area contributed by atoms with Crippen LogP contribution in [0.15, 0.2) is 70.9 Å². The van der Waals surface area contributed by atoms with Gasteiger partial charge in [0.2, 0.25) is 0 Å². The van der Waals surface area contributed by atoms with E-state index >= 15 is 0 Å². The number of aliphatic imine (C=N–C) groups is 1. The zero-order chi connectivity index (χ0) is 24.8. The Morgan fingerprint density at radius 1 is 1.14 bits per heavy atom. The van der Waals surface area contributed by atoms with Crippen LogP contribution in [-0.2, 0) is 14.3 Å². The molecule has 0 aliphatic carbocycles. The number of carbonyl (C=O) groups excluding carboxylic acids is 2. The quantitative estimate of drug-likeness (QED) is 0.520. The number of nitrogens with one attached hydrogen (secondary N) is 1. The molecule has 4 rings (SSSR count). The summed E-state index contributed by atoms with van der Waals surface area (Å²) in [6, 6.07) is 16.5. The topological polar surface area (TPSA) is 80.2 Å². The third kappa shape index (κ3) is 6.25. The van der Waals surface area contributed by atoms with Crippen LogP contribution in [0.1, 0.15) is 38.8 Å². The summed E-state index contributed by atoms with van der Waals surface area (Å²) in [4.78, 5) is 32.4. The number of para-hydroxylation sites is 1. The summed E-state index contributed by atoms with van der Waals surface area (Å²) in [6.45, 7) is 7.02. The smallest absolute Gasteiger partial charge is 0.338 e. The summed E-state index contributed by atoms with van der Waals surface area (Å²) in [6.07, 6.45) is 1.02. The Morgan fingerprint density at radius 3 is 2.60 bits per heavy atom. The maximum absolute atomic E-state index is 13.1. The Labute approximate surface area is 210 Å². The molecule has 0 saturated carbocycles. The van der Waals surface area contributed by atoms with E-state index in [0.717, 1.165) is 29.4 Å². The lowest BCUT2D eigenvalue weighted by atomic mass is 9.94. The van der Waals surface area contributed by atoms with E-state index in [1.165, 1.54) is 0 Å². The fourth-order valence-electron chi connectivity index (χ4n) is 4.01. The summed E-state index contributed by atoms with van der Waals surface area (Å²) < 4.78 is 11.1. The predicted octanol–water partition coefficient (Wildman–Crippen LogP) is 5.03. The van der Waals surface area contributed by atoms with Crippen LogP contribution < -0.4 is 10.1 Å². The number of anilines is 1. The highest BCUT2D eigenvalue weighted by atomic mass is 32.2. The summed E-state index contributed by atoms with van der Waals surface area (Å²) in [5.74, 6) is 1.34. The summed E-state index contributed by atoms with van der Waals surface area (Å²) in [5, 5.41) is 3.80. The molecule has 2 heterocycles. The molecule has 8 heteroatoms. The number of amidine groups is 1. The molecule has 2 aromatic rings. The number of ether oxygens (including phenoxy) is 2. The second-order valence-electron chi connectivity index (χ2n) is 8.96. The monoisotopic (exact) mass is 493 g/mol. The van der Waals surface area contributed by atoms with E-state index in [9.17, 15) is 9.59 Å². The van der Waals surface area contributed by atoms with Crippen molar-refractivity contribution in [1.82, 2.24) is 4.90 Å². The van der Waals surface area contributed by atoms with E-state index < -0.39 is 0 Å². The highest BCUT2D eigenvalue weighted by molar-refractivity contribution is 8.13. The highest BCUT2D eigenvalue weighted by Gasteiger charge is 2.38. The largest absolute Gasteiger partial charge is 0.484 e. The summed E-state index contributed by atoms with van der Waals surface area (Å²) in [5.41, 5.74) is 2.89. The number of fused-ring (bicyclic) bond motifs is 1. The lowest BCUT2D eigenvalue weighted by Crippen LogP contribution is -2.42. The number of nitrogens with zero attached hydrogens (tertiary/aromatic N) is 2. The van der Waals surface area contributed by atoms with Gasteiger partial charge in [0.05, 0.1) is 23.9 Å². The molecule has 1 atom stereocenters. The number of hydrogen-bond acceptors (Lipinski definition) is 7. The molecule has 1 fully saturated rings. The highest BCUT2D eigenvalue weighted by Crippen LogP contribution is 2.40. The Kier molecular flexibility index (Phi) is 8.13. The second kappa shape index (κ2) is 11.4. The van der Waals surface area contributed by atoms with Gasteiger partial charge in [0.1, 0.15) is 5.75 Å². The molecule has 184 valence electrons. The fourth-order valence-corrected chi connectivity index (χ4v) is 5.03. The molecule has 0 radical (unpaired) electrons. The van der Waals surface area contributed by atoms with Crippen molar-refractivity contribution in [3.63, 3.8) is 0 Å². The molecule has 1 N–H and O–H groups in total. The molecule has 0 bridgehead atoms. The van der Waals surface area contributed by atoms with Crippen LogP contribution in [0.4, 0.5) is 5.69 Å². The molecule has 1 saturated heterocycles. The first-order valence-electron chi connectivity index (χ1n) is 11.9. The molecule has 35 heavy (non-hydrogen) atoms. The number of esters is 1. The number of carbonyl (C=O) groups is 2. The van der Waals surface area contributed by atoms with Crippen LogP contribution in [0, 0.1) is 5.92 Å². The van der Waals surface area contributed by atoms with Gasteiger partial charge >= 0.3 is 5.97 Å². The van der Waals surface area contributed by atoms with Gasteiger partial charge in [0, 0.05) is 18.0 Å². The predicted molar refractivity (Wildman–Crippen MR) is 139 cm³/mol. The number of benzene rings is 2. The van der Waals surface area contributed by atoms with Crippen LogP contribution in [-0.4, -0.2) is 47.5 Å². The number of amides is 1. The van der Waals surface area contributed by atoms with Crippen molar-refractivity contribution in [2.75, 3.05) is 30.8 Å². The average molecular weight is 494 g/mol. The van der Waals surface area contributed by atoms with Gasteiger partial charge in [-0.15, -0.1) is 0 Å². The van der Waals surface area contributed by atoms with E-state index in [2.05, 4.69) is 10.2 Å². The van der Waals surface area contributed by atoms with Gasteiger partial charge in [-0.2, -0.15) is 0 Å². The van der Waals surface area contributed by atoms with Gasteiger partial charge in [-0.3, -0.25) is 4.79 Å². The number of rotatable bonds is 8. The van der Waals surface area contributed by atoms with Crippen LogP contribution in [0.25, 0.3) is 0 Å². The normalized spacial score (nSPS) is 17.5. The molecule has 1 amide bonds. The van der Waals surface area contributed by atoms with Gasteiger partial charge in [0.25, 0.3) is 5.91 Å². The van der Waals surface area contributed by atoms with Gasteiger partial charge in [-0.1, -0.05) is 55.9 Å². The van der Waals surface area contributed by atoms with E-state index in [4.69, 9.17) is 14.5 Å². The third-order valence-electron chi connectivity index (χ3n) is 5.65. The summed E-state index contributed by atoms with van der Waals surface area (Å²) in [7, 11) is 0. The number of allylic oxidation sites excluding steroid dienone is 1. The molecular weight excluding hydrogens is 462 g/mol. The first-order valence-corrected chi connectivity index (χ1v) is 12.8. The van der Waals surface area contributed by atoms with Crippen molar-refractivity contribution in [3.8, 4) is 5.75 Å². The van der Waals surface area contributed by atoms with E-state index in [-0.39, 0.29) is 30.4 Å². The zero-order valence-corrected chi connectivity index (χ0v) is 21.1. The van der Waals surface area contributed by atoms with Crippen LogP contribution in [0.5, 0.6) is 5.75 Å². The van der Waals surface area contributed by atoms with Crippen molar-refractivity contribution in [3.05, 3.63) is 71.4 Å². The van der Waals surface area contributed by atoms with Gasteiger partial charge in [-0.05, 0) is 49.1 Å². The summed E-state index contributed by atoms with van der Waals surface area (Å²) >= 11 is 1.72. The lowest BCUT2D eigenvalue weighted by Gasteiger charge is -2.40. The van der Waals surface area contributed by atoms with Crippen molar-refractivity contribution in [2.45, 2.75) is 33.2 Å². The van der Waals surface area contributed by atoms with Crippen LogP contribution >= 0.6 is 11.8 Å². The molecular formula is C27H31N3O4S. The van der Waals surface area contributed by atoms with Crippen LogP contribution in [0.2, 0.25) is 0 Å². The van der Waals surface area contributed by atoms with E-state index in [1.54, 1.807) is 11.8 Å². The molecule has 2 aliphatic rings. The SMILES string of the molecule is CC1=C(C(=O)OCC(C)C)[C@H](c2ccc(NC(=O)COc3ccccc3)cc2)N2CCCSC2=N1. The molecule has 0 unspecified atom stereocenters. The average Bonchev–Trinajstić information content (AvgIpc) is 2.86. The van der Waals surface area contributed by atoms with Gasteiger partial charge in [0.15, 0.2) is 11.8 Å². The van der Waals surface area contributed by atoms with Crippen molar-refractivity contribution in [1.29, 1.82) is 0 Å². The van der Waals surface area contributed by atoms with Gasteiger partial charge in [-0.25, -0.2) is 9.79 Å². The standard InChI is InChI=1S/C27H31N3O4S/c1-18(2)16-34-26(32)24-19(3)28-27-30(14-7-15-35-27)25(24)20-10-12-21(13-11-20)29-23(31)17-33-22-8-5-4-6-9-22/h4-6,8-13,18,25H,7,14-17H2,1-3H3,(H,29,31)/t25-/m0/s1. The second-order valence-corrected chi connectivity index (χ2v) is 10.0. The van der Waals surface area contributed by atoms with Crippen molar-refractivity contribution < 1.29 is 19.1 Å². The van der Waals surface area contributed by atoms with E-state index in [0.29, 0.717) is 29.3 Å². The maximum atomic E-state index is 13.1. The molecule has 2 aliphatic heterocycles. The zero-order valence-electron chi connectivity index (χ0n) is 20.3. The Balaban J connectivity index is 1.50. The van der Waals surface area contributed by atoms with Crippen molar-refractivity contribution in [2.24, 2.45) is 10.9 Å². The Morgan fingerprint density at radius 2 is 1.89 bits per heavy atom. The molecule has 2 aromatic carbocycles. The molecule has 0 spiro atoms. The minimum absolute atomic E-state index is 0.0764. The van der Waals surface area contributed by atoms with E-state index in [1.807, 2.05) is 75.4 Å². The fraction of sp³-hybridized carbons (Fsp3) is 0.370. The number of thioether (sulfide) groups is 1. The molecule has 0 aromatic heterocycles.